The molecule has 0 radical (unpaired) electrons. The highest BCUT2D eigenvalue weighted by Crippen LogP contribution is 2.24. The highest BCUT2D eigenvalue weighted by atomic mass is 32.2. The molecule has 0 aromatic carbocycles. The van der Waals surface area contributed by atoms with Gasteiger partial charge in [-0.25, -0.2) is 13.1 Å². The van der Waals surface area contributed by atoms with E-state index in [1.807, 2.05) is 0 Å². The fourth-order valence-corrected chi connectivity index (χ4v) is 4.76. The van der Waals surface area contributed by atoms with Crippen LogP contribution in [-0.4, -0.2) is 24.7 Å². The summed E-state index contributed by atoms with van der Waals surface area (Å²) in [6.45, 7) is 3.90. The molecule has 0 amide bonds. The second-order valence-electron chi connectivity index (χ2n) is 5.18. The van der Waals surface area contributed by atoms with E-state index in [4.69, 9.17) is 18.0 Å². The van der Waals surface area contributed by atoms with E-state index in [9.17, 15) is 8.42 Å². The Morgan fingerprint density at radius 3 is 2.56 bits per heavy atom. The van der Waals surface area contributed by atoms with Gasteiger partial charge in [0.1, 0.15) is 5.25 Å². The van der Waals surface area contributed by atoms with Crippen LogP contribution >= 0.6 is 12.2 Å². The summed E-state index contributed by atoms with van der Waals surface area (Å²) in [5, 5.41) is -0.747. The highest BCUT2D eigenvalue weighted by molar-refractivity contribution is 7.93. The number of sulfonamides is 1. The fraction of sp³-hybridized carbons (Fsp3) is 0.917. The van der Waals surface area contributed by atoms with Crippen LogP contribution in [-0.2, 0) is 10.0 Å². The van der Waals surface area contributed by atoms with E-state index in [0.29, 0.717) is 12.3 Å². The molecule has 4 nitrogen and oxygen atoms in total. The maximum absolute atomic E-state index is 12.3. The van der Waals surface area contributed by atoms with Gasteiger partial charge >= 0.3 is 0 Å². The molecule has 0 bridgehead atoms. The van der Waals surface area contributed by atoms with E-state index in [-0.39, 0.29) is 11.0 Å². The molecule has 1 fully saturated rings. The molecule has 0 heterocycles. The first-order chi connectivity index (χ1) is 8.38. The number of hydrogen-bond acceptors (Lipinski definition) is 3. The third-order valence-corrected chi connectivity index (χ3v) is 6.14. The van der Waals surface area contributed by atoms with Gasteiger partial charge in [-0.05, 0) is 25.2 Å². The molecule has 3 unspecified atom stereocenters. The average molecular weight is 292 g/mol. The normalized spacial score (nSPS) is 27.4. The van der Waals surface area contributed by atoms with E-state index >= 15 is 0 Å². The van der Waals surface area contributed by atoms with Crippen LogP contribution in [0.15, 0.2) is 0 Å². The first-order valence-electron chi connectivity index (χ1n) is 6.69. The Morgan fingerprint density at radius 2 is 2.00 bits per heavy atom. The summed E-state index contributed by atoms with van der Waals surface area (Å²) in [6.07, 6.45) is 5.87. The van der Waals surface area contributed by atoms with Crippen LogP contribution in [0.4, 0.5) is 0 Å². The molecule has 0 saturated heterocycles. The second-order valence-corrected chi connectivity index (χ2v) is 7.55. The lowest BCUT2D eigenvalue weighted by molar-refractivity contribution is 0.398. The van der Waals surface area contributed by atoms with Gasteiger partial charge in [-0.3, -0.25) is 0 Å². The van der Waals surface area contributed by atoms with Gasteiger partial charge in [0.2, 0.25) is 10.0 Å². The molecule has 0 aliphatic heterocycles. The molecule has 0 aromatic heterocycles. The molecule has 6 heteroatoms. The van der Waals surface area contributed by atoms with Gasteiger partial charge < -0.3 is 5.73 Å². The van der Waals surface area contributed by atoms with Crippen LogP contribution in [0.5, 0.6) is 0 Å². The first-order valence-corrected chi connectivity index (χ1v) is 8.64. The predicted molar refractivity (Wildman–Crippen MR) is 79.0 cm³/mol. The Morgan fingerprint density at radius 1 is 1.39 bits per heavy atom. The Kier molecular flexibility index (Phi) is 6.01. The summed E-state index contributed by atoms with van der Waals surface area (Å²) < 4.78 is 27.3. The zero-order valence-corrected chi connectivity index (χ0v) is 12.8. The summed E-state index contributed by atoms with van der Waals surface area (Å²) >= 11 is 4.85. The van der Waals surface area contributed by atoms with Gasteiger partial charge in [0.05, 0.1) is 4.99 Å². The topological polar surface area (TPSA) is 72.2 Å². The Hall–Kier alpha value is -0.200. The summed E-state index contributed by atoms with van der Waals surface area (Å²) in [7, 11) is -3.44. The van der Waals surface area contributed by atoms with Crippen molar-refractivity contribution in [2.75, 3.05) is 0 Å². The second kappa shape index (κ2) is 6.82. The van der Waals surface area contributed by atoms with Crippen molar-refractivity contribution in [2.45, 2.75) is 63.7 Å². The predicted octanol–water partition coefficient (Wildman–Crippen LogP) is 1.94. The largest absolute Gasteiger partial charge is 0.392 e. The van der Waals surface area contributed by atoms with Crippen molar-refractivity contribution in [3.8, 4) is 0 Å². The van der Waals surface area contributed by atoms with E-state index in [2.05, 4.69) is 11.6 Å². The van der Waals surface area contributed by atoms with Gasteiger partial charge in [-0.2, -0.15) is 0 Å². The quantitative estimate of drug-likeness (QED) is 0.600. The fourth-order valence-electron chi connectivity index (χ4n) is 2.53. The minimum atomic E-state index is -3.44. The zero-order valence-electron chi connectivity index (χ0n) is 11.2. The Balaban J connectivity index is 2.77. The molecular formula is C12H24N2O2S2. The van der Waals surface area contributed by atoms with Crippen LogP contribution in [0.3, 0.4) is 0 Å². The smallest absolute Gasteiger partial charge is 0.221 e. The summed E-state index contributed by atoms with van der Waals surface area (Å²) in [5.74, 6) is 0.381. The number of hydrogen-bond donors (Lipinski definition) is 2. The molecular weight excluding hydrogens is 268 g/mol. The van der Waals surface area contributed by atoms with Crippen LogP contribution in [0.2, 0.25) is 0 Å². The molecule has 3 N–H and O–H groups in total. The van der Waals surface area contributed by atoms with Gasteiger partial charge in [0.15, 0.2) is 0 Å². The highest BCUT2D eigenvalue weighted by Gasteiger charge is 2.31. The molecule has 1 rings (SSSR count). The zero-order chi connectivity index (χ0) is 13.8. The standard InChI is InChI=1S/C12H24N2O2S2/c1-3-11(12(13)17)18(15,16)14-10-8-6-4-5-7-9(10)2/h9-11,14H,3-8H2,1-2H3,(H2,13,17). The molecule has 1 aliphatic rings. The van der Waals surface area contributed by atoms with Crippen LogP contribution in [0, 0.1) is 5.92 Å². The SMILES string of the molecule is CCC(C(N)=S)S(=O)(=O)NC1CCCCCC1C. The van der Waals surface area contributed by atoms with Crippen molar-refractivity contribution >= 4 is 27.2 Å². The van der Waals surface area contributed by atoms with Gasteiger partial charge in [-0.15, -0.1) is 0 Å². The van der Waals surface area contributed by atoms with Crippen molar-refractivity contribution in [3.63, 3.8) is 0 Å². The lowest BCUT2D eigenvalue weighted by atomic mass is 9.98. The van der Waals surface area contributed by atoms with Gasteiger partial charge in [0, 0.05) is 6.04 Å². The van der Waals surface area contributed by atoms with Crippen molar-refractivity contribution in [2.24, 2.45) is 11.7 Å². The molecule has 0 spiro atoms. The number of rotatable bonds is 5. The minimum absolute atomic E-state index is 0.0286. The monoisotopic (exact) mass is 292 g/mol. The van der Waals surface area contributed by atoms with Crippen molar-refractivity contribution in [1.29, 1.82) is 0 Å². The molecule has 1 saturated carbocycles. The Bertz CT molecular complexity index is 382. The van der Waals surface area contributed by atoms with E-state index in [1.54, 1.807) is 6.92 Å². The van der Waals surface area contributed by atoms with E-state index in [0.717, 1.165) is 19.3 Å². The van der Waals surface area contributed by atoms with Crippen LogP contribution in [0.1, 0.15) is 52.4 Å². The van der Waals surface area contributed by atoms with Crippen molar-refractivity contribution < 1.29 is 8.42 Å². The van der Waals surface area contributed by atoms with E-state index in [1.165, 1.54) is 12.8 Å². The molecule has 3 atom stereocenters. The maximum Gasteiger partial charge on any atom is 0.221 e. The third-order valence-electron chi connectivity index (χ3n) is 3.74. The number of nitrogens with two attached hydrogens (primary N) is 1. The van der Waals surface area contributed by atoms with Crippen molar-refractivity contribution in [1.82, 2.24) is 4.72 Å². The van der Waals surface area contributed by atoms with Gasteiger partial charge in [-0.1, -0.05) is 45.3 Å². The summed E-state index contributed by atoms with van der Waals surface area (Å²) in [4.78, 5) is 0.0614. The lowest BCUT2D eigenvalue weighted by Crippen LogP contribution is -2.47. The molecule has 18 heavy (non-hydrogen) atoms. The minimum Gasteiger partial charge on any atom is -0.392 e. The number of nitrogens with one attached hydrogen (secondary N) is 1. The molecule has 1 aliphatic carbocycles. The average Bonchev–Trinajstić information content (AvgIpc) is 2.44. The van der Waals surface area contributed by atoms with Crippen molar-refractivity contribution in [3.05, 3.63) is 0 Å². The summed E-state index contributed by atoms with van der Waals surface area (Å²) in [6, 6.07) is 0.0286. The maximum atomic E-state index is 12.3. The third kappa shape index (κ3) is 4.17. The lowest BCUT2D eigenvalue weighted by Gasteiger charge is -2.25. The van der Waals surface area contributed by atoms with Crippen LogP contribution < -0.4 is 10.5 Å². The number of thiocarbonyl (C=S) groups is 1. The summed E-state index contributed by atoms with van der Waals surface area (Å²) in [5.41, 5.74) is 5.52. The Labute approximate surface area is 116 Å². The van der Waals surface area contributed by atoms with Gasteiger partial charge in [0.25, 0.3) is 0 Å². The first kappa shape index (κ1) is 15.9. The molecule has 106 valence electrons. The van der Waals surface area contributed by atoms with E-state index < -0.39 is 15.3 Å². The molecule has 0 aromatic rings. The van der Waals surface area contributed by atoms with Crippen LogP contribution in [0.25, 0.3) is 0 Å².